The predicted molar refractivity (Wildman–Crippen MR) is 123 cm³/mol. The molecule has 6 rings (SSSR count). The molecule has 2 aromatic carbocycles. The summed E-state index contributed by atoms with van der Waals surface area (Å²) in [6.07, 6.45) is 2.27. The molecule has 0 radical (unpaired) electrons. The molecule has 3 aliphatic heterocycles. The number of para-hydroxylation sites is 1. The lowest BCUT2D eigenvalue weighted by molar-refractivity contribution is 0.0554. The van der Waals surface area contributed by atoms with Crippen LogP contribution >= 0.6 is 45.8 Å². The van der Waals surface area contributed by atoms with Crippen molar-refractivity contribution in [1.82, 2.24) is 15.2 Å². The lowest BCUT2D eigenvalue weighted by atomic mass is 9.84. The first-order chi connectivity index (χ1) is 14.0. The van der Waals surface area contributed by atoms with Crippen molar-refractivity contribution in [1.29, 1.82) is 0 Å². The summed E-state index contributed by atoms with van der Waals surface area (Å²) < 4.78 is 6.21. The predicted octanol–water partition coefficient (Wildman–Crippen LogP) is 5.39. The van der Waals surface area contributed by atoms with E-state index in [1.807, 2.05) is 0 Å². The zero-order chi connectivity index (χ0) is 20.1. The lowest BCUT2D eigenvalue weighted by Crippen LogP contribution is -2.61. The molecule has 0 saturated carbocycles. The maximum Gasteiger partial charge on any atom is 0.253 e. The van der Waals surface area contributed by atoms with E-state index in [1.165, 1.54) is 0 Å². The Morgan fingerprint density at radius 1 is 1.14 bits per heavy atom. The Morgan fingerprint density at radius 3 is 2.52 bits per heavy atom. The standard InChI is InChI=1S/C21H18Cl2IN3O2/c22-13-4-2-5-14(23)16(13)21-26-18-12(3-1-6-15(18)29-21)20(28)25-17-11-7-9-27(10-8-11)19(17)24/h1-6,11,17,19H,7-10H2,(H,25,28). The number of hydrogen-bond donors (Lipinski definition) is 1. The van der Waals surface area contributed by atoms with Crippen molar-refractivity contribution in [3.05, 3.63) is 52.0 Å². The van der Waals surface area contributed by atoms with E-state index < -0.39 is 0 Å². The summed E-state index contributed by atoms with van der Waals surface area (Å²) in [5.74, 6) is 0.714. The summed E-state index contributed by atoms with van der Waals surface area (Å²) in [4.78, 5) is 20.2. The molecule has 3 aromatic rings. The highest BCUT2D eigenvalue weighted by atomic mass is 127. The third-order valence-corrected chi connectivity index (χ3v) is 8.06. The highest BCUT2D eigenvalue weighted by Gasteiger charge is 2.41. The van der Waals surface area contributed by atoms with Crippen LogP contribution in [-0.2, 0) is 0 Å². The van der Waals surface area contributed by atoms with Crippen molar-refractivity contribution < 1.29 is 9.21 Å². The minimum absolute atomic E-state index is 0.124. The van der Waals surface area contributed by atoms with Crippen LogP contribution in [-0.4, -0.2) is 39.0 Å². The normalized spacial score (nSPS) is 26.0. The number of amides is 1. The number of aromatic nitrogens is 1. The van der Waals surface area contributed by atoms with E-state index in [-0.39, 0.29) is 11.9 Å². The average molecular weight is 542 g/mol. The van der Waals surface area contributed by atoms with Crippen LogP contribution in [0.3, 0.4) is 0 Å². The highest BCUT2D eigenvalue weighted by molar-refractivity contribution is 14.1. The second-order valence-electron chi connectivity index (χ2n) is 7.51. The van der Waals surface area contributed by atoms with Crippen molar-refractivity contribution in [2.45, 2.75) is 22.9 Å². The third kappa shape index (κ3) is 3.44. The lowest BCUT2D eigenvalue weighted by Gasteiger charge is -2.48. The minimum Gasteiger partial charge on any atom is -0.436 e. The van der Waals surface area contributed by atoms with Crippen molar-refractivity contribution >= 4 is 62.8 Å². The molecule has 3 aliphatic rings. The molecule has 150 valence electrons. The number of piperidine rings is 3. The molecule has 29 heavy (non-hydrogen) atoms. The molecule has 3 saturated heterocycles. The van der Waals surface area contributed by atoms with Gasteiger partial charge in [-0.05, 0) is 56.1 Å². The van der Waals surface area contributed by atoms with Crippen LogP contribution in [0.2, 0.25) is 10.0 Å². The van der Waals surface area contributed by atoms with E-state index in [2.05, 4.69) is 37.8 Å². The van der Waals surface area contributed by atoms with Gasteiger partial charge < -0.3 is 9.73 Å². The molecular formula is C21H18Cl2IN3O2. The van der Waals surface area contributed by atoms with Crippen LogP contribution in [0.5, 0.6) is 0 Å². The number of benzene rings is 2. The molecule has 3 fully saturated rings. The van der Waals surface area contributed by atoms with Gasteiger partial charge in [0.25, 0.3) is 5.91 Å². The van der Waals surface area contributed by atoms with E-state index >= 15 is 0 Å². The summed E-state index contributed by atoms with van der Waals surface area (Å²) in [5, 5.41) is 4.17. The van der Waals surface area contributed by atoms with E-state index in [4.69, 9.17) is 27.6 Å². The number of hydrogen-bond acceptors (Lipinski definition) is 4. The van der Waals surface area contributed by atoms with Crippen molar-refractivity contribution in [2.24, 2.45) is 5.92 Å². The van der Waals surface area contributed by atoms with Gasteiger partial charge >= 0.3 is 0 Å². The van der Waals surface area contributed by atoms with E-state index in [9.17, 15) is 4.79 Å². The van der Waals surface area contributed by atoms with Gasteiger partial charge in [0.15, 0.2) is 5.58 Å². The van der Waals surface area contributed by atoms with Gasteiger partial charge in [-0.1, -0.05) is 57.9 Å². The maximum atomic E-state index is 13.2. The fraction of sp³-hybridized carbons (Fsp3) is 0.333. The number of halogens is 3. The zero-order valence-corrected chi connectivity index (χ0v) is 19.0. The quantitative estimate of drug-likeness (QED) is 0.274. The van der Waals surface area contributed by atoms with Gasteiger partial charge in [0, 0.05) is 0 Å². The van der Waals surface area contributed by atoms with Crippen LogP contribution < -0.4 is 5.32 Å². The number of carbonyl (C=O) groups excluding carboxylic acids is 1. The van der Waals surface area contributed by atoms with Crippen molar-refractivity contribution in [2.75, 3.05) is 13.1 Å². The highest BCUT2D eigenvalue weighted by Crippen LogP contribution is 2.37. The fourth-order valence-corrected chi connectivity index (χ4v) is 6.22. The van der Waals surface area contributed by atoms with Gasteiger partial charge in [-0.15, -0.1) is 0 Å². The first-order valence-corrected chi connectivity index (χ1v) is 11.6. The van der Waals surface area contributed by atoms with Crippen LogP contribution in [0.1, 0.15) is 23.2 Å². The summed E-state index contributed by atoms with van der Waals surface area (Å²) in [6.45, 7) is 2.23. The smallest absolute Gasteiger partial charge is 0.253 e. The van der Waals surface area contributed by atoms with Crippen molar-refractivity contribution in [3.63, 3.8) is 0 Å². The van der Waals surface area contributed by atoms with Crippen LogP contribution in [0.4, 0.5) is 0 Å². The first kappa shape index (κ1) is 19.6. The molecule has 4 heterocycles. The summed E-state index contributed by atoms with van der Waals surface area (Å²) in [7, 11) is 0. The van der Waals surface area contributed by atoms with E-state index in [1.54, 1.807) is 36.4 Å². The molecule has 2 unspecified atom stereocenters. The van der Waals surface area contributed by atoms with Gasteiger partial charge in [0.1, 0.15) is 5.52 Å². The Morgan fingerprint density at radius 2 is 1.83 bits per heavy atom. The number of carbonyl (C=O) groups is 1. The summed E-state index contributed by atoms with van der Waals surface area (Å²) in [6, 6.07) is 10.8. The summed E-state index contributed by atoms with van der Waals surface area (Å²) >= 11 is 15.1. The molecule has 8 heteroatoms. The Bertz CT molecular complexity index is 1070. The van der Waals surface area contributed by atoms with Crippen molar-refractivity contribution in [3.8, 4) is 11.5 Å². The second-order valence-corrected chi connectivity index (χ2v) is 9.60. The first-order valence-electron chi connectivity index (χ1n) is 9.56. The molecule has 2 bridgehead atoms. The molecule has 1 aromatic heterocycles. The van der Waals surface area contributed by atoms with Crippen LogP contribution in [0.15, 0.2) is 40.8 Å². The van der Waals surface area contributed by atoms with E-state index in [0.29, 0.717) is 48.1 Å². The summed E-state index contributed by atoms with van der Waals surface area (Å²) in [5.41, 5.74) is 2.08. The number of alkyl halides is 1. The molecule has 5 nitrogen and oxygen atoms in total. The number of nitrogens with one attached hydrogen (secondary N) is 1. The molecule has 0 spiro atoms. The maximum absolute atomic E-state index is 13.2. The molecule has 0 aliphatic carbocycles. The van der Waals surface area contributed by atoms with Gasteiger partial charge in [-0.2, -0.15) is 0 Å². The number of rotatable bonds is 3. The Labute approximate surface area is 191 Å². The van der Waals surface area contributed by atoms with E-state index in [0.717, 1.165) is 25.9 Å². The molecular weight excluding hydrogens is 524 g/mol. The third-order valence-electron chi connectivity index (χ3n) is 5.87. The molecule has 1 amide bonds. The fourth-order valence-electron chi connectivity index (χ4n) is 4.33. The van der Waals surface area contributed by atoms with Gasteiger partial charge in [-0.3, -0.25) is 9.69 Å². The Balaban J connectivity index is 1.49. The van der Waals surface area contributed by atoms with Gasteiger partial charge in [0.05, 0.1) is 31.3 Å². The number of fused-ring (bicyclic) bond motifs is 4. The van der Waals surface area contributed by atoms with Gasteiger partial charge in [-0.25, -0.2) is 4.98 Å². The topological polar surface area (TPSA) is 58.4 Å². The Kier molecular flexibility index (Phi) is 5.22. The minimum atomic E-state index is -0.124. The molecule has 2 atom stereocenters. The monoisotopic (exact) mass is 541 g/mol. The number of oxazole rings is 1. The average Bonchev–Trinajstić information content (AvgIpc) is 3.14. The van der Waals surface area contributed by atoms with Crippen LogP contribution in [0.25, 0.3) is 22.6 Å². The molecule has 1 N–H and O–H groups in total. The largest absolute Gasteiger partial charge is 0.436 e. The number of nitrogens with zero attached hydrogens (tertiary/aromatic N) is 2. The SMILES string of the molecule is O=C(NC1C2CCN(CC2)C1I)c1cccc2oc(-c3c(Cl)cccc3Cl)nc12. The second kappa shape index (κ2) is 7.72. The van der Waals surface area contributed by atoms with Gasteiger partial charge in [0.2, 0.25) is 5.89 Å². The van der Waals surface area contributed by atoms with Crippen LogP contribution in [0, 0.1) is 5.92 Å². The Hall–Kier alpha value is -1.35. The zero-order valence-electron chi connectivity index (χ0n) is 15.4.